The van der Waals surface area contributed by atoms with E-state index in [1.165, 1.54) is 16.8 Å². The van der Waals surface area contributed by atoms with E-state index in [0.717, 1.165) is 0 Å². The molecular formula is C15H18As2. The fraction of sp³-hybridized carbons (Fsp3) is 0.200. The van der Waals surface area contributed by atoms with Crippen molar-refractivity contribution in [2.75, 3.05) is 0 Å². The molecule has 2 atom stereocenters. The van der Waals surface area contributed by atoms with Gasteiger partial charge in [0, 0.05) is 0 Å². The van der Waals surface area contributed by atoms with Crippen LogP contribution < -0.4 is 8.70 Å². The molecule has 0 saturated heterocycles. The van der Waals surface area contributed by atoms with Crippen LogP contribution in [0.25, 0.3) is 0 Å². The summed E-state index contributed by atoms with van der Waals surface area (Å²) in [5, 5.41) is 2.92. The quantitative estimate of drug-likeness (QED) is 0.551. The third-order valence-electron chi connectivity index (χ3n) is 2.56. The third-order valence-corrected chi connectivity index (χ3v) is 8.20. The fourth-order valence-electron chi connectivity index (χ4n) is 1.67. The van der Waals surface area contributed by atoms with Crippen molar-refractivity contribution in [3.8, 4) is 0 Å². The Labute approximate surface area is 117 Å². The maximum atomic E-state index is 2.29. The van der Waals surface area contributed by atoms with E-state index in [1.54, 1.807) is 8.70 Å². The van der Waals surface area contributed by atoms with Crippen molar-refractivity contribution < 1.29 is 0 Å². The van der Waals surface area contributed by atoms with Crippen LogP contribution in [0.15, 0.2) is 60.7 Å². The SMILES string of the molecule is c1ccc([AsH]CCC[AsH]c2ccccc2)cc1. The first-order valence-electron chi connectivity index (χ1n) is 6.03. The van der Waals surface area contributed by atoms with E-state index in [9.17, 15) is 0 Å². The second kappa shape index (κ2) is 7.80. The predicted octanol–water partition coefficient (Wildman–Crippen LogP) is 1.74. The standard InChI is InChI=1S/C15H18As2/c1-3-8-14(9-4-1)16-12-7-13-17-15-10-5-2-6-11-15/h1-6,8-11,16-17H,7,12-13H2. The van der Waals surface area contributed by atoms with E-state index < -0.39 is 0 Å². The van der Waals surface area contributed by atoms with E-state index >= 15 is 0 Å². The molecule has 0 aliphatic rings. The van der Waals surface area contributed by atoms with Crippen LogP contribution in [0.4, 0.5) is 0 Å². The molecule has 0 heterocycles. The average Bonchev–Trinajstić information content (AvgIpc) is 2.41. The van der Waals surface area contributed by atoms with Gasteiger partial charge >= 0.3 is 118 Å². The van der Waals surface area contributed by atoms with Crippen LogP contribution >= 0.6 is 0 Å². The molecule has 2 heteroatoms. The van der Waals surface area contributed by atoms with Crippen LogP contribution in [0.5, 0.6) is 0 Å². The molecule has 17 heavy (non-hydrogen) atoms. The van der Waals surface area contributed by atoms with Gasteiger partial charge in [-0.1, -0.05) is 0 Å². The van der Waals surface area contributed by atoms with Crippen molar-refractivity contribution in [3.63, 3.8) is 0 Å². The molecule has 0 nitrogen and oxygen atoms in total. The molecule has 0 saturated carbocycles. The van der Waals surface area contributed by atoms with E-state index in [2.05, 4.69) is 60.7 Å². The number of benzene rings is 2. The van der Waals surface area contributed by atoms with Gasteiger partial charge in [-0.05, 0) is 0 Å². The Morgan fingerprint density at radius 2 is 1.00 bits per heavy atom. The molecule has 2 unspecified atom stereocenters. The van der Waals surface area contributed by atoms with Gasteiger partial charge in [0.2, 0.25) is 0 Å². The normalized spacial score (nSPS) is 11.8. The summed E-state index contributed by atoms with van der Waals surface area (Å²) in [4.78, 5) is 0. The molecule has 0 spiro atoms. The Morgan fingerprint density at radius 3 is 1.41 bits per heavy atom. The van der Waals surface area contributed by atoms with E-state index in [4.69, 9.17) is 0 Å². The van der Waals surface area contributed by atoms with Crippen molar-refractivity contribution in [1.29, 1.82) is 0 Å². The summed E-state index contributed by atoms with van der Waals surface area (Å²) < 4.78 is 3.21. The molecule has 0 aliphatic heterocycles. The fourth-order valence-corrected chi connectivity index (χ4v) is 7.71. The summed E-state index contributed by atoms with van der Waals surface area (Å²) in [6.45, 7) is 0. The van der Waals surface area contributed by atoms with Crippen molar-refractivity contribution in [3.05, 3.63) is 60.7 Å². The van der Waals surface area contributed by atoms with Crippen LogP contribution in [0.2, 0.25) is 10.4 Å². The Hall–Kier alpha value is -0.443. The second-order valence-corrected chi connectivity index (χ2v) is 9.94. The molecule has 0 fully saturated rings. The molecular weight excluding hydrogens is 330 g/mol. The number of hydrogen-bond donors (Lipinski definition) is 0. The van der Waals surface area contributed by atoms with Gasteiger partial charge in [-0.3, -0.25) is 0 Å². The van der Waals surface area contributed by atoms with Crippen molar-refractivity contribution in [1.82, 2.24) is 0 Å². The Balaban J connectivity index is 1.61. The molecule has 2 rings (SSSR count). The van der Waals surface area contributed by atoms with Crippen LogP contribution in [-0.4, -0.2) is 31.5 Å². The van der Waals surface area contributed by atoms with Crippen molar-refractivity contribution >= 4 is 40.2 Å². The van der Waals surface area contributed by atoms with Crippen LogP contribution in [0, 0.1) is 0 Å². The molecule has 0 radical (unpaired) electrons. The zero-order chi connectivity index (χ0) is 11.8. The van der Waals surface area contributed by atoms with E-state index in [0.29, 0.717) is 0 Å². The van der Waals surface area contributed by atoms with Crippen molar-refractivity contribution in [2.45, 2.75) is 16.8 Å². The maximum absolute atomic E-state index is 2.29. The van der Waals surface area contributed by atoms with Gasteiger partial charge in [-0.2, -0.15) is 0 Å². The Kier molecular flexibility index (Phi) is 5.97. The zero-order valence-corrected chi connectivity index (χ0v) is 14.1. The molecule has 0 aliphatic carbocycles. The Morgan fingerprint density at radius 1 is 0.588 bits per heavy atom. The van der Waals surface area contributed by atoms with Crippen molar-refractivity contribution in [2.24, 2.45) is 0 Å². The zero-order valence-electron chi connectivity index (χ0n) is 9.89. The van der Waals surface area contributed by atoms with Crippen LogP contribution in [0.1, 0.15) is 6.42 Å². The molecule has 0 N–H and O–H groups in total. The number of hydrogen-bond acceptors (Lipinski definition) is 0. The molecule has 0 aromatic heterocycles. The summed E-state index contributed by atoms with van der Waals surface area (Å²) >= 11 is 0.263. The van der Waals surface area contributed by atoms with Gasteiger partial charge in [-0.15, -0.1) is 0 Å². The third kappa shape index (κ3) is 5.15. The molecule has 0 amide bonds. The Bertz CT molecular complexity index is 370. The monoisotopic (exact) mass is 348 g/mol. The van der Waals surface area contributed by atoms with E-state index in [-0.39, 0.29) is 31.5 Å². The minimum atomic E-state index is 0.131. The first-order chi connectivity index (χ1) is 8.45. The molecule has 0 bridgehead atoms. The van der Waals surface area contributed by atoms with Crippen LogP contribution in [0.3, 0.4) is 0 Å². The van der Waals surface area contributed by atoms with Crippen LogP contribution in [-0.2, 0) is 0 Å². The second-order valence-electron chi connectivity index (χ2n) is 3.94. The number of rotatable bonds is 6. The summed E-state index contributed by atoms with van der Waals surface area (Å²) in [6, 6.07) is 22.0. The summed E-state index contributed by atoms with van der Waals surface area (Å²) in [6.07, 6.45) is 1.43. The van der Waals surface area contributed by atoms with Gasteiger partial charge in [0.1, 0.15) is 0 Å². The van der Waals surface area contributed by atoms with Gasteiger partial charge in [-0.25, -0.2) is 0 Å². The van der Waals surface area contributed by atoms with Gasteiger partial charge in [0.25, 0.3) is 0 Å². The summed E-state index contributed by atoms with van der Waals surface area (Å²) in [7, 11) is 0. The topological polar surface area (TPSA) is 0 Å². The first kappa shape index (κ1) is 13.0. The van der Waals surface area contributed by atoms with Gasteiger partial charge in [0.05, 0.1) is 0 Å². The molecule has 2 aromatic rings. The molecule has 2 aromatic carbocycles. The first-order valence-corrected chi connectivity index (χ1v) is 11.1. The summed E-state index contributed by atoms with van der Waals surface area (Å²) in [5.41, 5.74) is 0. The minimum absolute atomic E-state index is 0.131. The van der Waals surface area contributed by atoms with Gasteiger partial charge in [0.15, 0.2) is 0 Å². The average molecular weight is 348 g/mol. The van der Waals surface area contributed by atoms with E-state index in [1.807, 2.05) is 0 Å². The summed E-state index contributed by atoms with van der Waals surface area (Å²) in [5.74, 6) is 0. The molecule has 88 valence electrons. The van der Waals surface area contributed by atoms with Gasteiger partial charge < -0.3 is 0 Å². The predicted molar refractivity (Wildman–Crippen MR) is 80.7 cm³/mol.